The third-order valence-corrected chi connectivity index (χ3v) is 5.73. The molecule has 0 fully saturated rings. The molecule has 0 radical (unpaired) electrons. The first kappa shape index (κ1) is 19.9. The Morgan fingerprint density at radius 1 is 0.967 bits per heavy atom. The topological polar surface area (TPSA) is 49.4 Å². The van der Waals surface area contributed by atoms with Gasteiger partial charge in [0, 0.05) is 17.8 Å². The highest BCUT2D eigenvalue weighted by molar-refractivity contribution is 5.99. The van der Waals surface area contributed by atoms with Gasteiger partial charge in [-0.3, -0.25) is 9.59 Å². The van der Waals surface area contributed by atoms with E-state index in [9.17, 15) is 9.59 Å². The van der Waals surface area contributed by atoms with Crippen LogP contribution in [0.5, 0.6) is 0 Å². The van der Waals surface area contributed by atoms with Crippen LogP contribution in [-0.4, -0.2) is 16.7 Å². The monoisotopic (exact) mass is 398 g/mol. The Morgan fingerprint density at radius 3 is 2.40 bits per heavy atom. The van der Waals surface area contributed by atoms with E-state index in [1.807, 2.05) is 92.4 Å². The molecule has 4 nitrogen and oxygen atoms in total. The highest BCUT2D eigenvalue weighted by Gasteiger charge is 2.34. The third kappa shape index (κ3) is 3.99. The van der Waals surface area contributed by atoms with E-state index >= 15 is 0 Å². The molecule has 3 aromatic carbocycles. The van der Waals surface area contributed by atoms with Crippen molar-refractivity contribution >= 4 is 17.5 Å². The number of fused-ring (bicyclic) bond motifs is 1. The van der Waals surface area contributed by atoms with Crippen LogP contribution >= 0.6 is 0 Å². The maximum Gasteiger partial charge on any atom is 0.255 e. The number of anilines is 1. The second kappa shape index (κ2) is 8.15. The zero-order valence-corrected chi connectivity index (χ0v) is 17.6. The van der Waals surface area contributed by atoms with Crippen molar-refractivity contribution in [3.05, 3.63) is 100 Å². The minimum absolute atomic E-state index is 0.0179. The quantitative estimate of drug-likeness (QED) is 0.631. The highest BCUT2D eigenvalue weighted by atomic mass is 16.2. The van der Waals surface area contributed by atoms with Crippen molar-refractivity contribution in [2.75, 3.05) is 5.32 Å². The maximum atomic E-state index is 13.1. The number of rotatable bonds is 5. The molecule has 1 heterocycles. The molecular formula is C26H26N2O2. The molecule has 0 spiro atoms. The minimum atomic E-state index is -0.324. The van der Waals surface area contributed by atoms with Crippen LogP contribution in [0, 0.1) is 20.8 Å². The lowest BCUT2D eigenvalue weighted by atomic mass is 10.00. The second-order valence-corrected chi connectivity index (χ2v) is 8.09. The summed E-state index contributed by atoms with van der Waals surface area (Å²) in [6.07, 6.45) is 0.205. The van der Waals surface area contributed by atoms with E-state index < -0.39 is 0 Å². The minimum Gasteiger partial charge on any atom is -0.327 e. The summed E-state index contributed by atoms with van der Waals surface area (Å²) < 4.78 is 0. The molecule has 2 amide bonds. The van der Waals surface area contributed by atoms with Gasteiger partial charge < -0.3 is 10.2 Å². The van der Waals surface area contributed by atoms with E-state index in [1.54, 1.807) is 0 Å². The van der Waals surface area contributed by atoms with E-state index in [4.69, 9.17) is 0 Å². The fraction of sp³-hybridized carbons (Fsp3) is 0.231. The number of nitrogens with one attached hydrogen (secondary N) is 1. The molecule has 0 unspecified atom stereocenters. The Hall–Kier alpha value is -3.40. The lowest BCUT2D eigenvalue weighted by Crippen LogP contribution is -2.32. The van der Waals surface area contributed by atoms with Gasteiger partial charge in [-0.2, -0.15) is 0 Å². The predicted octanol–water partition coefficient (Wildman–Crippen LogP) is 5.34. The lowest BCUT2D eigenvalue weighted by molar-refractivity contribution is -0.117. The molecule has 1 N–H and O–H groups in total. The van der Waals surface area contributed by atoms with Gasteiger partial charge in [0.1, 0.15) is 0 Å². The Labute approximate surface area is 177 Å². The van der Waals surface area contributed by atoms with Crippen molar-refractivity contribution in [3.63, 3.8) is 0 Å². The third-order valence-electron chi connectivity index (χ3n) is 5.73. The molecule has 0 saturated carbocycles. The van der Waals surface area contributed by atoms with Crippen molar-refractivity contribution in [2.24, 2.45) is 0 Å². The molecule has 3 aromatic rings. The summed E-state index contributed by atoms with van der Waals surface area (Å²) in [7, 11) is 0. The average molecular weight is 399 g/mol. The standard InChI is InChI=1S/C26H26N2O2/c1-17-9-12-20(13-10-17)24(28-16-21-6-4-5-7-22(21)26(28)30)15-25(29)27-23-14-18(2)8-11-19(23)3/h4-14,24H,15-16H2,1-3H3,(H,27,29)/t24-/m1/s1. The Balaban J connectivity index is 1.61. The van der Waals surface area contributed by atoms with Crippen molar-refractivity contribution < 1.29 is 9.59 Å². The molecule has 4 heteroatoms. The number of aryl methyl sites for hydroxylation is 3. The molecule has 0 aliphatic carbocycles. The molecule has 1 atom stereocenters. The van der Waals surface area contributed by atoms with E-state index in [-0.39, 0.29) is 24.3 Å². The number of hydrogen-bond acceptors (Lipinski definition) is 2. The molecular weight excluding hydrogens is 372 g/mol. The average Bonchev–Trinajstić information content (AvgIpc) is 3.06. The van der Waals surface area contributed by atoms with Gasteiger partial charge in [0.2, 0.25) is 5.91 Å². The van der Waals surface area contributed by atoms with Gasteiger partial charge in [-0.15, -0.1) is 0 Å². The number of carbonyl (C=O) groups is 2. The van der Waals surface area contributed by atoms with Crippen LogP contribution in [-0.2, 0) is 11.3 Å². The Kier molecular flexibility index (Phi) is 5.40. The molecule has 4 rings (SSSR count). The molecule has 30 heavy (non-hydrogen) atoms. The number of amides is 2. The zero-order chi connectivity index (χ0) is 21.3. The first-order valence-corrected chi connectivity index (χ1v) is 10.2. The summed E-state index contributed by atoms with van der Waals surface area (Å²) in [6, 6.07) is 21.4. The van der Waals surface area contributed by atoms with E-state index in [2.05, 4.69) is 5.32 Å². The summed E-state index contributed by atoms with van der Waals surface area (Å²) in [4.78, 5) is 27.9. The fourth-order valence-corrected chi connectivity index (χ4v) is 3.97. The van der Waals surface area contributed by atoms with Gasteiger partial charge >= 0.3 is 0 Å². The highest BCUT2D eigenvalue weighted by Crippen LogP contribution is 2.34. The first-order chi connectivity index (χ1) is 14.4. The molecule has 0 bridgehead atoms. The van der Waals surface area contributed by atoms with Gasteiger partial charge in [-0.25, -0.2) is 0 Å². The van der Waals surface area contributed by atoms with Crippen molar-refractivity contribution in [1.29, 1.82) is 0 Å². The molecule has 0 saturated heterocycles. The van der Waals surface area contributed by atoms with Crippen LogP contribution in [0.3, 0.4) is 0 Å². The summed E-state index contributed by atoms with van der Waals surface area (Å²) in [5.41, 5.74) is 6.78. The molecule has 0 aromatic heterocycles. The largest absolute Gasteiger partial charge is 0.327 e. The predicted molar refractivity (Wildman–Crippen MR) is 119 cm³/mol. The number of nitrogens with zero attached hydrogens (tertiary/aromatic N) is 1. The number of carbonyl (C=O) groups excluding carboxylic acids is 2. The van der Waals surface area contributed by atoms with Gasteiger partial charge in [0.25, 0.3) is 5.91 Å². The summed E-state index contributed by atoms with van der Waals surface area (Å²) in [5, 5.41) is 3.05. The number of benzene rings is 3. The van der Waals surface area contributed by atoms with Crippen LogP contribution < -0.4 is 5.32 Å². The van der Waals surface area contributed by atoms with E-state index in [0.717, 1.165) is 39.1 Å². The Bertz CT molecular complexity index is 1100. The van der Waals surface area contributed by atoms with Crippen molar-refractivity contribution in [3.8, 4) is 0 Å². The molecule has 1 aliphatic heterocycles. The van der Waals surface area contributed by atoms with Crippen molar-refractivity contribution in [1.82, 2.24) is 4.90 Å². The summed E-state index contributed by atoms with van der Waals surface area (Å²) >= 11 is 0. The normalized spacial score (nSPS) is 13.8. The van der Waals surface area contributed by atoms with E-state index in [0.29, 0.717) is 6.54 Å². The fourth-order valence-electron chi connectivity index (χ4n) is 3.97. The van der Waals surface area contributed by atoms with Crippen molar-refractivity contribution in [2.45, 2.75) is 39.8 Å². The van der Waals surface area contributed by atoms with Crippen LogP contribution in [0.15, 0.2) is 66.7 Å². The molecule has 152 valence electrons. The SMILES string of the molecule is Cc1ccc([C@@H](CC(=O)Nc2cc(C)ccc2C)N2Cc3ccccc3C2=O)cc1. The van der Waals surface area contributed by atoms with Crippen LogP contribution in [0.4, 0.5) is 5.69 Å². The van der Waals surface area contributed by atoms with Crippen LogP contribution in [0.2, 0.25) is 0 Å². The van der Waals surface area contributed by atoms with Gasteiger partial charge in [-0.1, -0.05) is 60.2 Å². The van der Waals surface area contributed by atoms with E-state index in [1.165, 1.54) is 0 Å². The van der Waals surface area contributed by atoms with Gasteiger partial charge in [0.05, 0.1) is 12.5 Å². The first-order valence-electron chi connectivity index (χ1n) is 10.2. The van der Waals surface area contributed by atoms with Gasteiger partial charge in [0.15, 0.2) is 0 Å². The van der Waals surface area contributed by atoms with Crippen LogP contribution in [0.25, 0.3) is 0 Å². The smallest absolute Gasteiger partial charge is 0.255 e. The second-order valence-electron chi connectivity index (χ2n) is 8.09. The Morgan fingerprint density at radius 2 is 1.67 bits per heavy atom. The maximum absolute atomic E-state index is 13.1. The van der Waals surface area contributed by atoms with Gasteiger partial charge in [-0.05, 0) is 55.2 Å². The van der Waals surface area contributed by atoms with Crippen LogP contribution in [0.1, 0.15) is 50.6 Å². The molecule has 1 aliphatic rings. The summed E-state index contributed by atoms with van der Waals surface area (Å²) in [5.74, 6) is -0.117. The lowest BCUT2D eigenvalue weighted by Gasteiger charge is -2.28. The zero-order valence-electron chi connectivity index (χ0n) is 17.6. The summed E-state index contributed by atoms with van der Waals surface area (Å²) in [6.45, 7) is 6.53. The number of hydrogen-bond donors (Lipinski definition) is 1.